The Balaban J connectivity index is 2.90. The van der Waals surface area contributed by atoms with Crippen LogP contribution in [0.5, 0.6) is 0 Å². The maximum Gasteiger partial charge on any atom is 0.164 e. The number of benzene rings is 1. The van der Waals surface area contributed by atoms with E-state index in [0.717, 1.165) is 11.1 Å². The number of Topliss-reactive ketones (excluding diaryl/α,β-unsaturated/α-hetero) is 1. The van der Waals surface area contributed by atoms with Gasteiger partial charge in [-0.25, -0.2) is 0 Å². The lowest BCUT2D eigenvalue weighted by molar-refractivity contribution is 0.0989. The first-order valence-electron chi connectivity index (χ1n) is 4.00. The second-order valence-electron chi connectivity index (χ2n) is 2.83. The Bertz CT molecular complexity index is 323. The van der Waals surface area contributed by atoms with Crippen LogP contribution in [0.4, 0.5) is 0 Å². The fraction of sp³-hybridized carbons (Fsp3) is 0.300. The first-order valence-corrected chi connectivity index (χ1v) is 5.62. The minimum Gasteiger partial charge on any atom is -0.294 e. The summed E-state index contributed by atoms with van der Waals surface area (Å²) in [6.07, 6.45) is 0.418. The number of hydrogen-bond acceptors (Lipinski definition) is 1. The largest absolute Gasteiger partial charge is 0.294 e. The van der Waals surface area contributed by atoms with E-state index in [1.165, 1.54) is 3.57 Å². The standard InChI is InChI=1S/C10H10ClIO/c1-7-6-8(2-3-9(7)12)10(13)4-5-11/h2-3,6H,4-5H2,1H3. The number of rotatable bonds is 3. The minimum atomic E-state index is 0.120. The number of hydrogen-bond donors (Lipinski definition) is 0. The topological polar surface area (TPSA) is 17.1 Å². The van der Waals surface area contributed by atoms with Crippen LogP contribution in [0.25, 0.3) is 0 Å². The average molecular weight is 309 g/mol. The molecule has 0 N–H and O–H groups in total. The Hall–Kier alpha value is -0.0900. The molecule has 0 spiro atoms. The predicted octanol–water partition coefficient (Wildman–Crippen LogP) is 3.41. The van der Waals surface area contributed by atoms with Gasteiger partial charge < -0.3 is 0 Å². The molecule has 0 heterocycles. The Labute approximate surface area is 96.6 Å². The zero-order valence-corrected chi connectivity index (χ0v) is 10.2. The van der Waals surface area contributed by atoms with Crippen molar-refractivity contribution in [2.75, 3.05) is 5.88 Å². The summed E-state index contributed by atoms with van der Waals surface area (Å²) in [5, 5.41) is 0. The highest BCUT2D eigenvalue weighted by Gasteiger charge is 2.05. The summed E-state index contributed by atoms with van der Waals surface area (Å²) in [4.78, 5) is 11.4. The average Bonchev–Trinajstić information content (AvgIpc) is 2.10. The Morgan fingerprint density at radius 2 is 2.23 bits per heavy atom. The fourth-order valence-corrected chi connectivity index (χ4v) is 1.56. The van der Waals surface area contributed by atoms with Crippen LogP contribution in [0, 0.1) is 10.5 Å². The number of halogens is 2. The van der Waals surface area contributed by atoms with Crippen LogP contribution < -0.4 is 0 Å². The van der Waals surface area contributed by atoms with Gasteiger partial charge in [0.25, 0.3) is 0 Å². The number of carbonyl (C=O) groups excluding carboxylic acids is 1. The lowest BCUT2D eigenvalue weighted by Crippen LogP contribution is -2.00. The van der Waals surface area contributed by atoms with E-state index in [1.807, 2.05) is 25.1 Å². The van der Waals surface area contributed by atoms with Crippen molar-refractivity contribution in [3.63, 3.8) is 0 Å². The lowest BCUT2D eigenvalue weighted by Gasteiger charge is -2.01. The lowest BCUT2D eigenvalue weighted by atomic mass is 10.1. The highest BCUT2D eigenvalue weighted by molar-refractivity contribution is 14.1. The number of carbonyl (C=O) groups is 1. The molecule has 0 aliphatic rings. The van der Waals surface area contributed by atoms with Gasteiger partial charge in [-0.2, -0.15) is 0 Å². The van der Waals surface area contributed by atoms with Crippen molar-refractivity contribution in [3.05, 3.63) is 32.9 Å². The van der Waals surface area contributed by atoms with Gasteiger partial charge >= 0.3 is 0 Å². The van der Waals surface area contributed by atoms with Crippen molar-refractivity contribution >= 4 is 40.0 Å². The van der Waals surface area contributed by atoms with Crippen LogP contribution >= 0.6 is 34.2 Å². The molecule has 0 saturated heterocycles. The quantitative estimate of drug-likeness (QED) is 0.475. The van der Waals surface area contributed by atoms with E-state index >= 15 is 0 Å². The summed E-state index contributed by atoms with van der Waals surface area (Å²) in [6.45, 7) is 2.00. The molecule has 0 saturated carbocycles. The third-order valence-corrected chi connectivity index (χ3v) is 3.20. The molecule has 0 aliphatic carbocycles. The Kier molecular flexibility index (Phi) is 4.19. The first kappa shape index (κ1) is 11.0. The maximum absolute atomic E-state index is 11.4. The van der Waals surface area contributed by atoms with Crippen LogP contribution in [-0.4, -0.2) is 11.7 Å². The van der Waals surface area contributed by atoms with Gasteiger partial charge in [0.05, 0.1) is 0 Å². The first-order chi connectivity index (χ1) is 6.15. The van der Waals surface area contributed by atoms with Crippen LogP contribution in [0.15, 0.2) is 18.2 Å². The molecule has 3 heteroatoms. The van der Waals surface area contributed by atoms with Gasteiger partial charge in [-0.05, 0) is 47.2 Å². The van der Waals surface area contributed by atoms with Gasteiger partial charge in [-0.3, -0.25) is 4.79 Å². The normalized spacial score (nSPS) is 10.1. The summed E-state index contributed by atoms with van der Waals surface area (Å²) in [5.41, 5.74) is 1.90. The zero-order chi connectivity index (χ0) is 9.84. The number of aryl methyl sites for hydroxylation is 1. The molecule has 0 aliphatic heterocycles. The Morgan fingerprint density at radius 1 is 1.54 bits per heavy atom. The number of ketones is 1. The second kappa shape index (κ2) is 4.96. The van der Waals surface area contributed by atoms with E-state index in [2.05, 4.69) is 22.6 Å². The fourth-order valence-electron chi connectivity index (χ4n) is 1.05. The molecule has 1 rings (SSSR count). The van der Waals surface area contributed by atoms with Gasteiger partial charge in [0.2, 0.25) is 0 Å². The van der Waals surface area contributed by atoms with Crippen molar-refractivity contribution in [2.24, 2.45) is 0 Å². The SMILES string of the molecule is Cc1cc(C(=O)CCCl)ccc1I. The molecule has 1 nitrogen and oxygen atoms in total. The molecule has 0 atom stereocenters. The third kappa shape index (κ3) is 2.95. The van der Waals surface area contributed by atoms with Crippen LogP contribution in [0.2, 0.25) is 0 Å². The Morgan fingerprint density at radius 3 is 2.77 bits per heavy atom. The van der Waals surface area contributed by atoms with Gasteiger partial charge in [-0.1, -0.05) is 6.07 Å². The van der Waals surface area contributed by atoms with Crippen molar-refractivity contribution in [1.82, 2.24) is 0 Å². The van der Waals surface area contributed by atoms with Gasteiger partial charge in [-0.15, -0.1) is 11.6 Å². The molecule has 70 valence electrons. The maximum atomic E-state index is 11.4. The summed E-state index contributed by atoms with van der Waals surface area (Å²) >= 11 is 7.74. The molecule has 0 bridgehead atoms. The molecular weight excluding hydrogens is 298 g/mol. The smallest absolute Gasteiger partial charge is 0.164 e. The van der Waals surface area contributed by atoms with Gasteiger partial charge in [0, 0.05) is 21.4 Å². The molecule has 1 aromatic carbocycles. The summed E-state index contributed by atoms with van der Waals surface area (Å²) in [6, 6.07) is 5.72. The molecule has 0 aromatic heterocycles. The molecule has 0 unspecified atom stereocenters. The van der Waals surface area contributed by atoms with E-state index < -0.39 is 0 Å². The van der Waals surface area contributed by atoms with Crippen molar-refractivity contribution in [2.45, 2.75) is 13.3 Å². The van der Waals surface area contributed by atoms with Crippen molar-refractivity contribution in [1.29, 1.82) is 0 Å². The van der Waals surface area contributed by atoms with Crippen LogP contribution in [0.1, 0.15) is 22.3 Å². The van der Waals surface area contributed by atoms with E-state index in [1.54, 1.807) is 0 Å². The summed E-state index contributed by atoms with van der Waals surface area (Å²) < 4.78 is 1.18. The monoisotopic (exact) mass is 308 g/mol. The molecule has 0 radical (unpaired) electrons. The van der Waals surface area contributed by atoms with E-state index in [-0.39, 0.29) is 5.78 Å². The predicted molar refractivity (Wildman–Crippen MR) is 63.6 cm³/mol. The highest BCUT2D eigenvalue weighted by atomic mass is 127. The van der Waals surface area contributed by atoms with E-state index in [9.17, 15) is 4.79 Å². The third-order valence-electron chi connectivity index (χ3n) is 1.80. The zero-order valence-electron chi connectivity index (χ0n) is 7.31. The van der Waals surface area contributed by atoms with E-state index in [4.69, 9.17) is 11.6 Å². The summed E-state index contributed by atoms with van der Waals surface area (Å²) in [5.74, 6) is 0.513. The van der Waals surface area contributed by atoms with Gasteiger partial charge in [0.1, 0.15) is 0 Å². The number of alkyl halides is 1. The second-order valence-corrected chi connectivity index (χ2v) is 4.37. The highest BCUT2D eigenvalue weighted by Crippen LogP contribution is 2.14. The molecular formula is C10H10ClIO. The van der Waals surface area contributed by atoms with Crippen molar-refractivity contribution < 1.29 is 4.79 Å². The van der Waals surface area contributed by atoms with Crippen molar-refractivity contribution in [3.8, 4) is 0 Å². The summed E-state index contributed by atoms with van der Waals surface area (Å²) in [7, 11) is 0. The van der Waals surface area contributed by atoms with E-state index in [0.29, 0.717) is 12.3 Å². The minimum absolute atomic E-state index is 0.120. The molecule has 13 heavy (non-hydrogen) atoms. The van der Waals surface area contributed by atoms with Gasteiger partial charge in [0.15, 0.2) is 5.78 Å². The van der Waals surface area contributed by atoms with Crippen LogP contribution in [0.3, 0.4) is 0 Å². The molecule has 1 aromatic rings. The van der Waals surface area contributed by atoms with Crippen LogP contribution in [-0.2, 0) is 0 Å². The molecule has 0 fully saturated rings. The molecule has 0 amide bonds.